The molecule has 19 heavy (non-hydrogen) atoms. The van der Waals surface area contributed by atoms with Crippen LogP contribution < -0.4 is 10.6 Å². The second kappa shape index (κ2) is 6.32. The number of amides is 1. The molecule has 0 fully saturated rings. The smallest absolute Gasteiger partial charge is 0.384 e. The van der Waals surface area contributed by atoms with Crippen molar-refractivity contribution in [2.75, 3.05) is 18.4 Å². The van der Waals surface area contributed by atoms with Crippen LogP contribution in [-0.4, -0.2) is 40.2 Å². The molecule has 0 radical (unpaired) electrons. The van der Waals surface area contributed by atoms with Gasteiger partial charge in [0.05, 0.1) is 0 Å². The van der Waals surface area contributed by atoms with Gasteiger partial charge in [-0.25, -0.2) is 9.97 Å². The number of carbonyl (C=O) groups is 1. The molecule has 1 rings (SSSR count). The molecule has 1 amide bonds. The number of nitrogens with one attached hydrogen (secondary N) is 2. The number of halogens is 3. The van der Waals surface area contributed by atoms with E-state index in [9.17, 15) is 18.0 Å². The maximum absolute atomic E-state index is 12.3. The summed E-state index contributed by atoms with van der Waals surface area (Å²) in [6.45, 7) is 1.57. The minimum atomic E-state index is -4.53. The SMILES string of the molecule is CC(O)C(=O)NCCNc1nccc(C(F)(F)F)n1. The summed E-state index contributed by atoms with van der Waals surface area (Å²) >= 11 is 0. The highest BCUT2D eigenvalue weighted by molar-refractivity contribution is 5.79. The lowest BCUT2D eigenvalue weighted by atomic mass is 10.4. The molecule has 3 N–H and O–H groups in total. The number of aromatic nitrogens is 2. The number of anilines is 1. The summed E-state index contributed by atoms with van der Waals surface area (Å²) in [5.41, 5.74) is -1.04. The van der Waals surface area contributed by atoms with Gasteiger partial charge in [0, 0.05) is 19.3 Å². The molecule has 1 unspecified atom stereocenters. The normalized spacial score (nSPS) is 12.9. The van der Waals surface area contributed by atoms with Crippen LogP contribution in [0.2, 0.25) is 0 Å². The van der Waals surface area contributed by atoms with Gasteiger partial charge in [-0.1, -0.05) is 0 Å². The predicted molar refractivity (Wildman–Crippen MR) is 60.2 cm³/mol. The van der Waals surface area contributed by atoms with Crippen LogP contribution in [0, 0.1) is 0 Å². The molecule has 1 aromatic heterocycles. The first-order valence-corrected chi connectivity index (χ1v) is 5.40. The Bertz CT molecular complexity index is 437. The minimum Gasteiger partial charge on any atom is -0.384 e. The number of hydrogen-bond acceptors (Lipinski definition) is 5. The molecule has 0 saturated carbocycles. The summed E-state index contributed by atoms with van der Waals surface area (Å²) in [4.78, 5) is 17.9. The lowest BCUT2D eigenvalue weighted by Gasteiger charge is -2.09. The first-order chi connectivity index (χ1) is 8.80. The van der Waals surface area contributed by atoms with Gasteiger partial charge in [-0.05, 0) is 13.0 Å². The quantitative estimate of drug-likeness (QED) is 0.679. The van der Waals surface area contributed by atoms with E-state index in [4.69, 9.17) is 5.11 Å². The van der Waals surface area contributed by atoms with Crippen molar-refractivity contribution >= 4 is 11.9 Å². The monoisotopic (exact) mass is 278 g/mol. The second-order valence-corrected chi connectivity index (χ2v) is 3.66. The van der Waals surface area contributed by atoms with Gasteiger partial charge in [0.15, 0.2) is 0 Å². The maximum Gasteiger partial charge on any atom is 0.433 e. The summed E-state index contributed by atoms with van der Waals surface area (Å²) in [6.07, 6.45) is -4.67. The van der Waals surface area contributed by atoms with E-state index >= 15 is 0 Å². The van der Waals surface area contributed by atoms with E-state index in [2.05, 4.69) is 20.6 Å². The van der Waals surface area contributed by atoms with E-state index in [-0.39, 0.29) is 19.0 Å². The first-order valence-electron chi connectivity index (χ1n) is 5.40. The highest BCUT2D eigenvalue weighted by Gasteiger charge is 2.32. The highest BCUT2D eigenvalue weighted by Crippen LogP contribution is 2.27. The van der Waals surface area contributed by atoms with Crippen molar-refractivity contribution in [2.24, 2.45) is 0 Å². The van der Waals surface area contributed by atoms with Crippen molar-refractivity contribution in [1.82, 2.24) is 15.3 Å². The lowest BCUT2D eigenvalue weighted by Crippen LogP contribution is -2.35. The number of hydrogen-bond donors (Lipinski definition) is 3. The van der Waals surface area contributed by atoms with Gasteiger partial charge in [0.25, 0.3) is 0 Å². The van der Waals surface area contributed by atoms with Crippen LogP contribution >= 0.6 is 0 Å². The number of carbonyl (C=O) groups excluding carboxylic acids is 1. The Labute approximate surface area is 107 Å². The molecule has 1 atom stereocenters. The molecule has 1 aromatic rings. The summed E-state index contributed by atoms with van der Waals surface area (Å²) < 4.78 is 37.0. The van der Waals surface area contributed by atoms with Crippen molar-refractivity contribution in [3.63, 3.8) is 0 Å². The Morgan fingerprint density at radius 3 is 2.74 bits per heavy atom. The molecule has 106 valence electrons. The molecule has 0 saturated heterocycles. The van der Waals surface area contributed by atoms with Crippen molar-refractivity contribution in [3.8, 4) is 0 Å². The Morgan fingerprint density at radius 2 is 2.16 bits per heavy atom. The van der Waals surface area contributed by atoms with Crippen LogP contribution in [0.15, 0.2) is 12.3 Å². The number of aliphatic hydroxyl groups is 1. The van der Waals surface area contributed by atoms with Crippen LogP contribution in [0.5, 0.6) is 0 Å². The zero-order valence-electron chi connectivity index (χ0n) is 10.0. The third-order valence-electron chi connectivity index (χ3n) is 2.03. The molecule has 6 nitrogen and oxygen atoms in total. The summed E-state index contributed by atoms with van der Waals surface area (Å²) in [5.74, 6) is -0.743. The molecular weight excluding hydrogens is 265 g/mol. The van der Waals surface area contributed by atoms with Crippen LogP contribution in [0.3, 0.4) is 0 Å². The Kier molecular flexibility index (Phi) is 5.04. The van der Waals surface area contributed by atoms with Gasteiger partial charge in [0.2, 0.25) is 11.9 Å². The van der Waals surface area contributed by atoms with E-state index in [0.717, 1.165) is 12.3 Å². The van der Waals surface area contributed by atoms with Crippen molar-refractivity contribution in [1.29, 1.82) is 0 Å². The molecular formula is C10H13F3N4O2. The molecule has 0 aliphatic rings. The second-order valence-electron chi connectivity index (χ2n) is 3.66. The van der Waals surface area contributed by atoms with Crippen molar-refractivity contribution in [3.05, 3.63) is 18.0 Å². The standard InChI is InChI=1S/C10H13F3N4O2/c1-6(18)8(19)14-4-5-16-9-15-3-2-7(17-9)10(11,12)13/h2-3,6,18H,4-5H2,1H3,(H,14,19)(H,15,16,17). The van der Waals surface area contributed by atoms with Gasteiger partial charge in [-0.15, -0.1) is 0 Å². The van der Waals surface area contributed by atoms with E-state index < -0.39 is 23.9 Å². The maximum atomic E-state index is 12.3. The highest BCUT2D eigenvalue weighted by atomic mass is 19.4. The fourth-order valence-corrected chi connectivity index (χ4v) is 1.11. The fraction of sp³-hybridized carbons (Fsp3) is 0.500. The first kappa shape index (κ1) is 15.2. The summed E-state index contributed by atoms with van der Waals surface area (Å²) in [7, 11) is 0. The average molecular weight is 278 g/mol. The van der Waals surface area contributed by atoms with Gasteiger partial charge in [-0.2, -0.15) is 13.2 Å². The number of alkyl halides is 3. The number of nitrogens with zero attached hydrogens (tertiary/aromatic N) is 2. The van der Waals surface area contributed by atoms with Crippen LogP contribution in [0.25, 0.3) is 0 Å². The number of rotatable bonds is 5. The number of aliphatic hydroxyl groups excluding tert-OH is 1. The average Bonchev–Trinajstić information content (AvgIpc) is 2.33. The molecule has 0 aromatic carbocycles. The largest absolute Gasteiger partial charge is 0.433 e. The minimum absolute atomic E-state index is 0.128. The lowest BCUT2D eigenvalue weighted by molar-refractivity contribution is -0.141. The molecule has 1 heterocycles. The Morgan fingerprint density at radius 1 is 1.47 bits per heavy atom. The molecule has 0 spiro atoms. The molecule has 0 aliphatic heterocycles. The topological polar surface area (TPSA) is 87.1 Å². The third-order valence-corrected chi connectivity index (χ3v) is 2.03. The van der Waals surface area contributed by atoms with E-state index in [1.807, 2.05) is 0 Å². The van der Waals surface area contributed by atoms with Gasteiger partial charge >= 0.3 is 6.18 Å². The van der Waals surface area contributed by atoms with Gasteiger partial charge in [-0.3, -0.25) is 4.79 Å². The summed E-state index contributed by atoms with van der Waals surface area (Å²) in [5, 5.41) is 13.8. The van der Waals surface area contributed by atoms with Crippen molar-refractivity contribution in [2.45, 2.75) is 19.2 Å². The zero-order valence-corrected chi connectivity index (χ0v) is 10.0. The fourth-order valence-electron chi connectivity index (χ4n) is 1.11. The van der Waals surface area contributed by atoms with Crippen LogP contribution in [0.4, 0.5) is 19.1 Å². The molecule has 0 aliphatic carbocycles. The van der Waals surface area contributed by atoms with Gasteiger partial charge in [0.1, 0.15) is 11.8 Å². The molecule has 0 bridgehead atoms. The third kappa shape index (κ3) is 5.08. The van der Waals surface area contributed by atoms with E-state index in [1.54, 1.807) is 0 Å². The summed E-state index contributed by atoms with van der Waals surface area (Å²) in [6, 6.07) is 0.764. The van der Waals surface area contributed by atoms with Crippen molar-refractivity contribution < 1.29 is 23.1 Å². The van der Waals surface area contributed by atoms with Crippen LogP contribution in [-0.2, 0) is 11.0 Å². The Balaban J connectivity index is 2.44. The zero-order chi connectivity index (χ0) is 14.5. The predicted octanol–water partition coefficient (Wildman–Crippen LogP) is 0.404. The van der Waals surface area contributed by atoms with Crippen LogP contribution in [0.1, 0.15) is 12.6 Å². The Hall–Kier alpha value is -1.90. The van der Waals surface area contributed by atoms with E-state index in [0.29, 0.717) is 0 Å². The molecule has 9 heteroatoms. The van der Waals surface area contributed by atoms with Gasteiger partial charge < -0.3 is 15.7 Å². The van der Waals surface area contributed by atoms with E-state index in [1.165, 1.54) is 6.92 Å².